The van der Waals surface area contributed by atoms with E-state index in [2.05, 4.69) is 15.5 Å². The molecule has 0 aromatic carbocycles. The molecule has 2 aromatic heterocycles. The number of hydrogen-bond donors (Lipinski definition) is 1. The monoisotopic (exact) mass is 436 g/mol. The topological polar surface area (TPSA) is 102 Å². The second-order valence-corrected chi connectivity index (χ2v) is 9.77. The van der Waals surface area contributed by atoms with Crippen LogP contribution in [0.2, 0.25) is 0 Å². The van der Waals surface area contributed by atoms with E-state index in [1.807, 2.05) is 32.4 Å². The molecule has 0 radical (unpaired) electrons. The maximum absolute atomic E-state index is 13.2. The van der Waals surface area contributed by atoms with E-state index in [1.54, 1.807) is 24.0 Å². The van der Waals surface area contributed by atoms with Gasteiger partial charge in [-0.05, 0) is 47.5 Å². The number of amides is 1. The summed E-state index contributed by atoms with van der Waals surface area (Å²) in [6.07, 6.45) is 4.69. The van der Waals surface area contributed by atoms with Crippen molar-refractivity contribution in [3.8, 4) is 0 Å². The average Bonchev–Trinajstić information content (AvgIpc) is 3.30. The van der Waals surface area contributed by atoms with Crippen LogP contribution in [0.15, 0.2) is 17.3 Å². The van der Waals surface area contributed by atoms with Crippen molar-refractivity contribution < 1.29 is 13.2 Å². The number of aryl methyl sites for hydroxylation is 3. The number of carbonyl (C=O) groups is 1. The molecular weight excluding hydrogens is 404 g/mol. The Hall–Kier alpha value is -2.20. The molecule has 3 heterocycles. The van der Waals surface area contributed by atoms with Gasteiger partial charge in [-0.3, -0.25) is 14.2 Å². The molecule has 9 nitrogen and oxygen atoms in total. The Morgan fingerprint density at radius 3 is 2.63 bits per heavy atom. The van der Waals surface area contributed by atoms with Crippen LogP contribution in [0.3, 0.4) is 0 Å². The smallest absolute Gasteiger partial charge is 0.246 e. The first kappa shape index (κ1) is 22.5. The summed E-state index contributed by atoms with van der Waals surface area (Å²) in [5.74, 6) is -0.494. The first-order valence-electron chi connectivity index (χ1n) is 10.6. The van der Waals surface area contributed by atoms with Gasteiger partial charge in [0.15, 0.2) is 0 Å². The van der Waals surface area contributed by atoms with Crippen molar-refractivity contribution in [3.63, 3.8) is 0 Å². The van der Waals surface area contributed by atoms with Gasteiger partial charge < -0.3 is 5.32 Å². The second kappa shape index (κ2) is 8.89. The fourth-order valence-corrected chi connectivity index (χ4v) is 5.74. The molecular formula is C20H32N6O3S. The molecule has 1 amide bonds. The minimum atomic E-state index is -3.68. The summed E-state index contributed by atoms with van der Waals surface area (Å²) in [5, 5.41) is 11.6. The van der Waals surface area contributed by atoms with E-state index in [0.29, 0.717) is 31.6 Å². The summed E-state index contributed by atoms with van der Waals surface area (Å²) >= 11 is 0. The Bertz CT molecular complexity index is 1010. The van der Waals surface area contributed by atoms with Gasteiger partial charge in [0.25, 0.3) is 0 Å². The molecule has 0 aliphatic carbocycles. The van der Waals surface area contributed by atoms with Crippen LogP contribution < -0.4 is 5.32 Å². The quantitative estimate of drug-likeness (QED) is 0.715. The second-order valence-electron chi connectivity index (χ2n) is 7.87. The lowest BCUT2D eigenvalue weighted by Gasteiger charge is -2.31. The van der Waals surface area contributed by atoms with E-state index in [1.165, 1.54) is 4.31 Å². The van der Waals surface area contributed by atoms with Crippen LogP contribution in [0.4, 0.5) is 0 Å². The molecule has 1 N–H and O–H groups in total. The van der Waals surface area contributed by atoms with Crippen LogP contribution in [0, 0.1) is 19.8 Å². The Morgan fingerprint density at radius 1 is 1.30 bits per heavy atom. The summed E-state index contributed by atoms with van der Waals surface area (Å²) < 4.78 is 31.3. The predicted octanol–water partition coefficient (Wildman–Crippen LogP) is 2.01. The highest BCUT2D eigenvalue weighted by Gasteiger charge is 2.35. The SMILES string of the molecule is CCn1cc(S(=O)(=O)N2CCC[C@@H](C(=O)N[C@@H](C)c3cnn(CC)c3C)C2)c(C)n1. The highest BCUT2D eigenvalue weighted by Crippen LogP contribution is 2.26. The normalized spacial score (nSPS) is 19.0. The maximum Gasteiger partial charge on any atom is 0.246 e. The maximum atomic E-state index is 13.2. The number of nitrogens with zero attached hydrogens (tertiary/aromatic N) is 5. The number of carbonyl (C=O) groups excluding carboxylic acids is 1. The van der Waals surface area contributed by atoms with E-state index >= 15 is 0 Å². The van der Waals surface area contributed by atoms with Crippen LogP contribution in [-0.4, -0.2) is 51.3 Å². The molecule has 10 heteroatoms. The van der Waals surface area contributed by atoms with Gasteiger partial charge >= 0.3 is 0 Å². The lowest BCUT2D eigenvalue weighted by atomic mass is 9.98. The van der Waals surface area contributed by atoms with Gasteiger partial charge in [-0.1, -0.05) is 0 Å². The highest BCUT2D eigenvalue weighted by atomic mass is 32.2. The summed E-state index contributed by atoms with van der Waals surface area (Å²) in [5.41, 5.74) is 2.50. The Morgan fingerprint density at radius 2 is 2.03 bits per heavy atom. The van der Waals surface area contributed by atoms with Gasteiger partial charge in [-0.2, -0.15) is 14.5 Å². The zero-order chi connectivity index (χ0) is 22.1. The first-order valence-corrected chi connectivity index (χ1v) is 12.0. The van der Waals surface area contributed by atoms with E-state index < -0.39 is 10.0 Å². The van der Waals surface area contributed by atoms with Crippen molar-refractivity contribution in [1.29, 1.82) is 0 Å². The summed E-state index contributed by atoms with van der Waals surface area (Å²) in [6.45, 7) is 11.5. The third-order valence-corrected chi connectivity index (χ3v) is 7.83. The molecule has 0 unspecified atom stereocenters. The van der Waals surface area contributed by atoms with Crippen molar-refractivity contribution in [2.45, 2.75) is 71.5 Å². The molecule has 1 fully saturated rings. The number of aromatic nitrogens is 4. The molecule has 166 valence electrons. The van der Waals surface area contributed by atoms with Gasteiger partial charge in [-0.25, -0.2) is 8.42 Å². The van der Waals surface area contributed by atoms with Gasteiger partial charge in [0.2, 0.25) is 15.9 Å². The Labute approximate surface area is 178 Å². The van der Waals surface area contributed by atoms with Gasteiger partial charge in [0.05, 0.1) is 23.9 Å². The zero-order valence-electron chi connectivity index (χ0n) is 18.4. The van der Waals surface area contributed by atoms with Crippen LogP contribution >= 0.6 is 0 Å². The first-order chi connectivity index (χ1) is 14.2. The van der Waals surface area contributed by atoms with Crippen molar-refractivity contribution in [2.24, 2.45) is 5.92 Å². The van der Waals surface area contributed by atoms with Gasteiger partial charge in [-0.15, -0.1) is 0 Å². The standard InChI is InChI=1S/C20H32N6O3S/c1-6-24-13-19(15(4)23-24)30(28,29)25-10-8-9-17(12-25)20(27)22-14(3)18-11-21-26(7-2)16(18)5/h11,13-14,17H,6-10,12H2,1-5H3,(H,22,27)/t14-,17+/m0/s1. The molecule has 30 heavy (non-hydrogen) atoms. The number of hydrogen-bond acceptors (Lipinski definition) is 5. The van der Waals surface area contributed by atoms with Crippen LogP contribution in [0.5, 0.6) is 0 Å². The number of piperidine rings is 1. The van der Waals surface area contributed by atoms with Crippen molar-refractivity contribution in [1.82, 2.24) is 29.2 Å². The molecule has 0 bridgehead atoms. The molecule has 1 aliphatic rings. The van der Waals surface area contributed by atoms with E-state index in [4.69, 9.17) is 0 Å². The third-order valence-electron chi connectivity index (χ3n) is 5.86. The fourth-order valence-electron chi connectivity index (χ4n) is 4.04. The molecule has 1 aliphatic heterocycles. The summed E-state index contributed by atoms with van der Waals surface area (Å²) in [6, 6.07) is -0.185. The lowest BCUT2D eigenvalue weighted by Crippen LogP contribution is -2.45. The molecule has 0 saturated carbocycles. The molecule has 3 rings (SSSR count). The van der Waals surface area contributed by atoms with E-state index in [-0.39, 0.29) is 29.3 Å². The summed E-state index contributed by atoms with van der Waals surface area (Å²) in [7, 11) is -3.68. The fraction of sp³-hybridized carbons (Fsp3) is 0.650. The summed E-state index contributed by atoms with van der Waals surface area (Å²) in [4.78, 5) is 13.1. The largest absolute Gasteiger partial charge is 0.349 e. The zero-order valence-corrected chi connectivity index (χ0v) is 19.2. The van der Waals surface area contributed by atoms with E-state index in [9.17, 15) is 13.2 Å². The number of sulfonamides is 1. The minimum Gasteiger partial charge on any atom is -0.349 e. The minimum absolute atomic E-state index is 0.118. The molecule has 2 aromatic rings. The van der Waals surface area contributed by atoms with Crippen LogP contribution in [0.25, 0.3) is 0 Å². The Balaban J connectivity index is 1.71. The van der Waals surface area contributed by atoms with Crippen LogP contribution in [-0.2, 0) is 27.9 Å². The number of rotatable bonds is 7. The average molecular weight is 437 g/mol. The number of nitrogens with one attached hydrogen (secondary N) is 1. The lowest BCUT2D eigenvalue weighted by molar-refractivity contribution is -0.126. The molecule has 0 spiro atoms. The third kappa shape index (κ3) is 4.29. The van der Waals surface area contributed by atoms with Gasteiger partial charge in [0, 0.05) is 43.6 Å². The van der Waals surface area contributed by atoms with Crippen molar-refractivity contribution in [2.75, 3.05) is 13.1 Å². The van der Waals surface area contributed by atoms with Gasteiger partial charge in [0.1, 0.15) is 4.90 Å². The predicted molar refractivity (Wildman–Crippen MR) is 113 cm³/mol. The molecule has 2 atom stereocenters. The van der Waals surface area contributed by atoms with Crippen molar-refractivity contribution >= 4 is 15.9 Å². The Kier molecular flexibility index (Phi) is 6.66. The highest BCUT2D eigenvalue weighted by molar-refractivity contribution is 7.89. The van der Waals surface area contributed by atoms with Crippen LogP contribution in [0.1, 0.15) is 56.6 Å². The van der Waals surface area contributed by atoms with Crippen molar-refractivity contribution in [3.05, 3.63) is 29.3 Å². The van der Waals surface area contributed by atoms with E-state index in [0.717, 1.165) is 17.8 Å². The molecule has 1 saturated heterocycles.